The first-order valence-electron chi connectivity index (χ1n) is 8.28. The number of nitrogens with zero attached hydrogens (tertiary/aromatic N) is 1. The maximum absolute atomic E-state index is 12.3. The van der Waals surface area contributed by atoms with Crippen LogP contribution < -0.4 is 10.7 Å². The van der Waals surface area contributed by atoms with Gasteiger partial charge in [-0.3, -0.25) is 4.79 Å². The molecule has 5 nitrogen and oxygen atoms in total. The number of carbonyl (C=O) groups is 1. The van der Waals surface area contributed by atoms with E-state index in [1.165, 1.54) is 0 Å². The topological polar surface area (TPSA) is 69.3 Å². The van der Waals surface area contributed by atoms with Gasteiger partial charge in [-0.2, -0.15) is 5.10 Å². The van der Waals surface area contributed by atoms with E-state index in [0.717, 1.165) is 33.3 Å². The van der Waals surface area contributed by atoms with E-state index in [-0.39, 0.29) is 11.9 Å². The molecule has 1 aromatic heterocycles. The van der Waals surface area contributed by atoms with Gasteiger partial charge in [0.15, 0.2) is 0 Å². The summed E-state index contributed by atoms with van der Waals surface area (Å²) in [5.74, 6) is -0.182. The van der Waals surface area contributed by atoms with Gasteiger partial charge in [0, 0.05) is 28.4 Å². The maximum Gasteiger partial charge on any atom is 0.262 e. The van der Waals surface area contributed by atoms with Crippen LogP contribution in [0.4, 0.5) is 5.69 Å². The van der Waals surface area contributed by atoms with Gasteiger partial charge in [-0.05, 0) is 38.0 Å². The first-order chi connectivity index (χ1) is 12.1. The average molecular weight is 334 g/mol. The van der Waals surface area contributed by atoms with Crippen molar-refractivity contribution in [1.29, 1.82) is 0 Å². The number of aromatic nitrogens is 1. The highest BCUT2D eigenvalue weighted by atomic mass is 16.2. The van der Waals surface area contributed by atoms with E-state index in [0.29, 0.717) is 0 Å². The molecule has 3 rings (SSSR count). The van der Waals surface area contributed by atoms with Crippen molar-refractivity contribution in [2.75, 3.05) is 5.32 Å². The lowest BCUT2D eigenvalue weighted by Gasteiger charge is -2.17. The average Bonchev–Trinajstić information content (AvgIpc) is 3.01. The predicted molar refractivity (Wildman–Crippen MR) is 103 cm³/mol. The Balaban J connectivity index is 1.64. The Morgan fingerprint density at radius 3 is 2.60 bits per heavy atom. The molecule has 1 heterocycles. The van der Waals surface area contributed by atoms with Gasteiger partial charge in [0.25, 0.3) is 5.91 Å². The largest absolute Gasteiger partial charge is 0.373 e. The van der Waals surface area contributed by atoms with Crippen molar-refractivity contribution in [1.82, 2.24) is 10.4 Å². The first kappa shape index (κ1) is 16.8. The molecule has 0 radical (unpaired) electrons. The molecule has 0 aliphatic rings. The lowest BCUT2D eigenvalue weighted by molar-refractivity contribution is -0.121. The number of aryl methyl sites for hydroxylation is 2. The molecule has 1 unspecified atom stereocenters. The molecule has 25 heavy (non-hydrogen) atoms. The zero-order valence-electron chi connectivity index (χ0n) is 14.6. The van der Waals surface area contributed by atoms with Gasteiger partial charge in [-0.25, -0.2) is 5.43 Å². The molecule has 0 spiro atoms. The number of carbonyl (C=O) groups excluding carboxylic acids is 1. The van der Waals surface area contributed by atoms with E-state index in [9.17, 15) is 4.79 Å². The van der Waals surface area contributed by atoms with Crippen molar-refractivity contribution in [3.63, 3.8) is 0 Å². The highest BCUT2D eigenvalue weighted by Gasteiger charge is 2.14. The predicted octanol–water partition coefficient (Wildman–Crippen LogP) is 3.74. The number of rotatable bonds is 5. The second kappa shape index (κ2) is 7.21. The number of aromatic amines is 1. The summed E-state index contributed by atoms with van der Waals surface area (Å²) in [4.78, 5) is 15.4. The van der Waals surface area contributed by atoms with Crippen LogP contribution in [-0.2, 0) is 4.79 Å². The summed E-state index contributed by atoms with van der Waals surface area (Å²) >= 11 is 0. The normalized spacial score (nSPS) is 12.4. The number of fused-ring (bicyclic) bond motifs is 1. The van der Waals surface area contributed by atoms with E-state index in [1.807, 2.05) is 69.4 Å². The summed E-state index contributed by atoms with van der Waals surface area (Å²) in [6.45, 7) is 5.87. The first-order valence-corrected chi connectivity index (χ1v) is 8.28. The molecule has 3 aromatic rings. The number of amides is 1. The van der Waals surface area contributed by atoms with Crippen molar-refractivity contribution in [2.24, 2.45) is 5.10 Å². The van der Waals surface area contributed by atoms with Crippen molar-refractivity contribution >= 4 is 28.7 Å². The number of para-hydroxylation sites is 2. The van der Waals surface area contributed by atoms with E-state index >= 15 is 0 Å². The number of anilines is 1. The van der Waals surface area contributed by atoms with Crippen LogP contribution in [-0.4, -0.2) is 23.1 Å². The van der Waals surface area contributed by atoms with Gasteiger partial charge in [0.05, 0.1) is 6.21 Å². The Morgan fingerprint density at radius 1 is 1.12 bits per heavy atom. The van der Waals surface area contributed by atoms with Crippen LogP contribution in [0, 0.1) is 13.8 Å². The van der Waals surface area contributed by atoms with Crippen LogP contribution >= 0.6 is 0 Å². The Kier molecular flexibility index (Phi) is 4.84. The monoisotopic (exact) mass is 334 g/mol. The summed E-state index contributed by atoms with van der Waals surface area (Å²) in [7, 11) is 0. The van der Waals surface area contributed by atoms with Gasteiger partial charge >= 0.3 is 0 Å². The fourth-order valence-corrected chi connectivity index (χ4v) is 2.79. The summed E-state index contributed by atoms with van der Waals surface area (Å²) in [5, 5.41) is 8.42. The van der Waals surface area contributed by atoms with Crippen molar-refractivity contribution in [3.05, 3.63) is 65.4 Å². The van der Waals surface area contributed by atoms with Crippen LogP contribution in [0.2, 0.25) is 0 Å². The molecule has 1 amide bonds. The number of hydrogen-bond donors (Lipinski definition) is 3. The van der Waals surface area contributed by atoms with E-state index in [1.54, 1.807) is 6.21 Å². The van der Waals surface area contributed by atoms with Gasteiger partial charge in [-0.15, -0.1) is 0 Å². The third-order valence-electron chi connectivity index (χ3n) is 4.23. The second-order valence-corrected chi connectivity index (χ2v) is 6.16. The Labute approximate surface area is 147 Å². The third kappa shape index (κ3) is 3.71. The zero-order valence-corrected chi connectivity index (χ0v) is 14.6. The van der Waals surface area contributed by atoms with E-state index < -0.39 is 0 Å². The fourth-order valence-electron chi connectivity index (χ4n) is 2.79. The number of hydrazone groups is 1. The summed E-state index contributed by atoms with van der Waals surface area (Å²) < 4.78 is 0. The highest BCUT2D eigenvalue weighted by Crippen LogP contribution is 2.20. The molecule has 0 saturated heterocycles. The highest BCUT2D eigenvalue weighted by molar-refractivity contribution is 5.99. The summed E-state index contributed by atoms with van der Waals surface area (Å²) in [6.07, 6.45) is 3.53. The van der Waals surface area contributed by atoms with E-state index in [2.05, 4.69) is 20.8 Å². The molecule has 3 N–H and O–H groups in total. The Bertz CT molecular complexity index is 906. The summed E-state index contributed by atoms with van der Waals surface area (Å²) in [5.41, 5.74) is 7.79. The van der Waals surface area contributed by atoms with Crippen LogP contribution in [0.15, 0.2) is 53.8 Å². The molecule has 0 aliphatic heterocycles. The van der Waals surface area contributed by atoms with Crippen LogP contribution in [0.5, 0.6) is 0 Å². The lowest BCUT2D eigenvalue weighted by Crippen LogP contribution is -2.35. The van der Waals surface area contributed by atoms with Gasteiger partial charge in [-0.1, -0.05) is 36.4 Å². The van der Waals surface area contributed by atoms with Crippen LogP contribution in [0.3, 0.4) is 0 Å². The third-order valence-corrected chi connectivity index (χ3v) is 4.23. The molecule has 1 atom stereocenters. The van der Waals surface area contributed by atoms with Crippen LogP contribution in [0.1, 0.15) is 23.6 Å². The fraction of sp³-hybridized carbons (Fsp3) is 0.200. The lowest BCUT2D eigenvalue weighted by atomic mass is 10.1. The number of hydrogen-bond acceptors (Lipinski definition) is 3. The summed E-state index contributed by atoms with van der Waals surface area (Å²) in [6, 6.07) is 13.6. The van der Waals surface area contributed by atoms with E-state index in [4.69, 9.17) is 0 Å². The maximum atomic E-state index is 12.3. The minimum Gasteiger partial charge on any atom is -0.373 e. The standard InChI is InChI=1S/C20H22N4O/c1-13-7-6-8-14(2)19(13)23-15(3)20(25)24-22-12-16-11-21-18-10-5-4-9-17(16)18/h4-12,15,21,23H,1-3H3,(H,24,25)/b22-12-. The smallest absolute Gasteiger partial charge is 0.262 e. The second-order valence-electron chi connectivity index (χ2n) is 6.16. The molecule has 0 aliphatic carbocycles. The quantitative estimate of drug-likeness (QED) is 0.491. The van der Waals surface area contributed by atoms with Crippen LogP contribution in [0.25, 0.3) is 10.9 Å². The van der Waals surface area contributed by atoms with Gasteiger partial charge in [0.1, 0.15) is 6.04 Å². The Hall–Kier alpha value is -3.08. The molecular weight excluding hydrogens is 312 g/mol. The minimum atomic E-state index is -0.389. The SMILES string of the molecule is Cc1cccc(C)c1NC(C)C(=O)N/N=C\c1c[nH]c2ccccc12. The number of H-pyrrole nitrogens is 1. The molecule has 0 saturated carbocycles. The molecule has 2 aromatic carbocycles. The molecular formula is C20H22N4O. The number of nitrogens with one attached hydrogen (secondary N) is 3. The minimum absolute atomic E-state index is 0.182. The van der Waals surface area contributed by atoms with Gasteiger partial charge < -0.3 is 10.3 Å². The number of benzene rings is 2. The molecule has 0 fully saturated rings. The molecule has 5 heteroatoms. The van der Waals surface area contributed by atoms with Gasteiger partial charge in [0.2, 0.25) is 0 Å². The molecule has 0 bridgehead atoms. The van der Waals surface area contributed by atoms with Crippen molar-refractivity contribution in [3.8, 4) is 0 Å². The molecule has 128 valence electrons. The van der Waals surface area contributed by atoms with Crippen molar-refractivity contribution in [2.45, 2.75) is 26.8 Å². The van der Waals surface area contributed by atoms with Crippen molar-refractivity contribution < 1.29 is 4.79 Å². The Morgan fingerprint density at radius 2 is 1.84 bits per heavy atom. The zero-order chi connectivity index (χ0) is 17.8.